The molecule has 0 spiro atoms. The molecule has 1 aliphatic heterocycles. The van der Waals surface area contributed by atoms with Crippen LogP contribution in [0.5, 0.6) is 0 Å². The Bertz CT molecular complexity index is 1480. The van der Waals surface area contributed by atoms with Crippen LogP contribution in [-0.2, 0) is 17.6 Å². The first-order valence-corrected chi connectivity index (χ1v) is 12.1. The maximum atomic E-state index is 12.9. The van der Waals surface area contributed by atoms with Crippen molar-refractivity contribution >= 4 is 40.5 Å². The molecule has 0 atom stereocenters. The lowest BCUT2D eigenvalue weighted by molar-refractivity contribution is -0.110. The number of rotatable bonds is 4. The Morgan fingerprint density at radius 3 is 2.62 bits per heavy atom. The molecule has 6 rings (SSSR count). The van der Waals surface area contributed by atoms with Crippen LogP contribution in [0, 0.1) is 0 Å². The van der Waals surface area contributed by atoms with Crippen LogP contribution in [0.3, 0.4) is 0 Å². The van der Waals surface area contributed by atoms with Crippen molar-refractivity contribution in [2.24, 2.45) is 0 Å². The summed E-state index contributed by atoms with van der Waals surface area (Å²) in [6, 6.07) is 15.9. The number of nitrogens with one attached hydrogen (secondary N) is 2. The van der Waals surface area contributed by atoms with Crippen LogP contribution in [0.1, 0.15) is 45.7 Å². The molecule has 0 fully saturated rings. The Labute approximate surface area is 200 Å². The SMILES string of the molecule is O=C1Nc2ccc(-c3csc(-c4ccccc4)n3)cc2C1=Cc1[nH]c(C(=O)O)c2c1CCCC2. The molecule has 2 aromatic carbocycles. The number of aromatic nitrogens is 2. The van der Waals surface area contributed by atoms with Crippen molar-refractivity contribution in [2.45, 2.75) is 25.7 Å². The van der Waals surface area contributed by atoms with Gasteiger partial charge in [-0.2, -0.15) is 0 Å². The number of fused-ring (bicyclic) bond motifs is 2. The first-order chi connectivity index (χ1) is 16.6. The molecular weight excluding hydrogens is 446 g/mol. The molecule has 0 unspecified atom stereocenters. The van der Waals surface area contributed by atoms with Gasteiger partial charge in [-0.25, -0.2) is 9.78 Å². The Morgan fingerprint density at radius 2 is 1.82 bits per heavy atom. The van der Waals surface area contributed by atoms with Gasteiger partial charge in [0.2, 0.25) is 0 Å². The minimum absolute atomic E-state index is 0.188. The van der Waals surface area contributed by atoms with Crippen molar-refractivity contribution in [3.8, 4) is 21.8 Å². The van der Waals surface area contributed by atoms with E-state index in [0.717, 1.165) is 75.6 Å². The largest absolute Gasteiger partial charge is 0.477 e. The Morgan fingerprint density at radius 1 is 1.03 bits per heavy atom. The van der Waals surface area contributed by atoms with E-state index in [1.807, 2.05) is 53.9 Å². The maximum absolute atomic E-state index is 12.9. The zero-order chi connectivity index (χ0) is 23.2. The standard InChI is InChI=1S/C27H21N3O3S/c31-25-20(13-22-17-8-4-5-9-18(17)24(28-22)27(32)33)19-12-16(10-11-21(19)29-25)23-14-34-26(30-23)15-6-2-1-3-7-15/h1-3,6-7,10-14,28H,4-5,8-9H2,(H,29,31)(H,32,33). The number of hydrogen-bond acceptors (Lipinski definition) is 4. The van der Waals surface area contributed by atoms with Gasteiger partial charge in [-0.05, 0) is 55.0 Å². The number of amides is 1. The first kappa shape index (κ1) is 20.6. The normalized spacial score (nSPS) is 15.8. The average molecular weight is 468 g/mol. The second-order valence-electron chi connectivity index (χ2n) is 8.56. The lowest BCUT2D eigenvalue weighted by Gasteiger charge is -2.12. The third-order valence-corrected chi connectivity index (χ3v) is 7.37. The van der Waals surface area contributed by atoms with Gasteiger partial charge in [-0.3, -0.25) is 4.79 Å². The van der Waals surface area contributed by atoms with Crippen LogP contribution in [0.25, 0.3) is 33.5 Å². The number of aromatic carboxylic acids is 1. The minimum atomic E-state index is -0.959. The number of aromatic amines is 1. The second kappa shape index (κ2) is 8.11. The number of H-pyrrole nitrogens is 1. The summed E-state index contributed by atoms with van der Waals surface area (Å²) in [5.74, 6) is -1.15. The molecule has 6 nitrogen and oxygen atoms in total. The molecule has 0 radical (unpaired) electrons. The summed E-state index contributed by atoms with van der Waals surface area (Å²) in [4.78, 5) is 32.5. The fourth-order valence-corrected chi connectivity index (χ4v) is 5.66. The van der Waals surface area contributed by atoms with Gasteiger partial charge in [0.1, 0.15) is 10.7 Å². The van der Waals surface area contributed by atoms with E-state index in [4.69, 9.17) is 4.98 Å². The quantitative estimate of drug-likeness (QED) is 0.327. The fourth-order valence-electron chi connectivity index (χ4n) is 4.82. The van der Waals surface area contributed by atoms with Gasteiger partial charge in [-0.1, -0.05) is 36.4 Å². The second-order valence-corrected chi connectivity index (χ2v) is 9.42. The molecule has 3 N–H and O–H groups in total. The lowest BCUT2D eigenvalue weighted by Crippen LogP contribution is -2.06. The van der Waals surface area contributed by atoms with E-state index in [1.54, 1.807) is 17.4 Å². The third-order valence-electron chi connectivity index (χ3n) is 6.48. The lowest BCUT2D eigenvalue weighted by atomic mass is 9.91. The van der Waals surface area contributed by atoms with Crippen molar-refractivity contribution in [3.63, 3.8) is 0 Å². The predicted octanol–water partition coefficient (Wildman–Crippen LogP) is 5.87. The number of benzene rings is 2. The molecule has 1 amide bonds. The molecule has 7 heteroatoms. The van der Waals surface area contributed by atoms with Gasteiger partial charge in [-0.15, -0.1) is 11.3 Å². The number of thiazole rings is 1. The van der Waals surface area contributed by atoms with Crippen molar-refractivity contribution in [1.82, 2.24) is 9.97 Å². The van der Waals surface area contributed by atoms with E-state index in [0.29, 0.717) is 5.57 Å². The van der Waals surface area contributed by atoms with E-state index in [2.05, 4.69) is 10.3 Å². The maximum Gasteiger partial charge on any atom is 0.352 e. The van der Waals surface area contributed by atoms with Crippen molar-refractivity contribution in [1.29, 1.82) is 0 Å². The van der Waals surface area contributed by atoms with Crippen molar-refractivity contribution in [3.05, 3.63) is 82.0 Å². The van der Waals surface area contributed by atoms with Crippen molar-refractivity contribution in [2.75, 3.05) is 5.32 Å². The number of nitrogens with zero attached hydrogens (tertiary/aromatic N) is 1. The highest BCUT2D eigenvalue weighted by atomic mass is 32.1. The average Bonchev–Trinajstić information content (AvgIpc) is 3.56. The van der Waals surface area contributed by atoms with E-state index < -0.39 is 5.97 Å². The van der Waals surface area contributed by atoms with Gasteiger partial charge in [0.15, 0.2) is 0 Å². The van der Waals surface area contributed by atoms with E-state index >= 15 is 0 Å². The summed E-state index contributed by atoms with van der Waals surface area (Å²) in [7, 11) is 0. The van der Waals surface area contributed by atoms with Gasteiger partial charge in [0.05, 0.1) is 11.3 Å². The van der Waals surface area contributed by atoms with E-state index in [1.165, 1.54) is 0 Å². The molecule has 0 bridgehead atoms. The highest BCUT2D eigenvalue weighted by molar-refractivity contribution is 7.13. The molecule has 4 aromatic rings. The summed E-state index contributed by atoms with van der Waals surface area (Å²) in [6.07, 6.45) is 5.36. The highest BCUT2D eigenvalue weighted by Gasteiger charge is 2.28. The molecule has 3 heterocycles. The minimum Gasteiger partial charge on any atom is -0.477 e. The van der Waals surface area contributed by atoms with Crippen LogP contribution in [0.15, 0.2) is 53.9 Å². The zero-order valence-electron chi connectivity index (χ0n) is 18.2. The topological polar surface area (TPSA) is 95.1 Å². The highest BCUT2D eigenvalue weighted by Crippen LogP contribution is 2.38. The molecule has 0 saturated heterocycles. The van der Waals surface area contributed by atoms with Crippen LogP contribution in [0.2, 0.25) is 0 Å². The Balaban J connectivity index is 1.41. The number of carbonyl (C=O) groups is 2. The Hall–Kier alpha value is -3.97. The number of carboxylic acid groups (broad SMARTS) is 1. The molecule has 168 valence electrons. The molecular formula is C27H21N3O3S. The monoisotopic (exact) mass is 467 g/mol. The summed E-state index contributed by atoms with van der Waals surface area (Å²) >= 11 is 1.59. The molecule has 0 saturated carbocycles. The summed E-state index contributed by atoms with van der Waals surface area (Å²) < 4.78 is 0. The molecule has 2 aromatic heterocycles. The van der Waals surface area contributed by atoms with Gasteiger partial charge in [0.25, 0.3) is 5.91 Å². The molecule has 34 heavy (non-hydrogen) atoms. The zero-order valence-corrected chi connectivity index (χ0v) is 19.0. The van der Waals surface area contributed by atoms with Crippen molar-refractivity contribution < 1.29 is 14.7 Å². The molecule has 2 aliphatic rings. The van der Waals surface area contributed by atoms with Gasteiger partial charge >= 0.3 is 5.97 Å². The molecule has 1 aliphatic carbocycles. The number of carbonyl (C=O) groups excluding carboxylic acids is 1. The van der Waals surface area contributed by atoms with Gasteiger partial charge < -0.3 is 15.4 Å². The number of carboxylic acids is 1. The number of hydrogen-bond donors (Lipinski definition) is 3. The number of anilines is 1. The van der Waals surface area contributed by atoms with Crippen LogP contribution in [-0.4, -0.2) is 27.0 Å². The summed E-state index contributed by atoms with van der Waals surface area (Å²) in [5.41, 5.74) is 7.78. The van der Waals surface area contributed by atoms with Crippen LogP contribution in [0.4, 0.5) is 5.69 Å². The summed E-state index contributed by atoms with van der Waals surface area (Å²) in [6.45, 7) is 0. The smallest absolute Gasteiger partial charge is 0.352 e. The van der Waals surface area contributed by atoms with Crippen LogP contribution < -0.4 is 5.32 Å². The van der Waals surface area contributed by atoms with E-state index in [9.17, 15) is 14.7 Å². The predicted molar refractivity (Wildman–Crippen MR) is 134 cm³/mol. The third kappa shape index (κ3) is 3.45. The first-order valence-electron chi connectivity index (χ1n) is 11.2. The summed E-state index contributed by atoms with van der Waals surface area (Å²) in [5, 5.41) is 15.5. The Kier molecular flexibility index (Phi) is 4.92. The van der Waals surface area contributed by atoms with Crippen LogP contribution >= 0.6 is 11.3 Å². The van der Waals surface area contributed by atoms with E-state index in [-0.39, 0.29) is 11.6 Å². The fraction of sp³-hybridized carbons (Fsp3) is 0.148. The van der Waals surface area contributed by atoms with Gasteiger partial charge in [0, 0.05) is 33.5 Å².